The zero-order valence-electron chi connectivity index (χ0n) is 12.3. The molecule has 3 heteroatoms. The summed E-state index contributed by atoms with van der Waals surface area (Å²) in [5.74, 6) is 0.276. The lowest BCUT2D eigenvalue weighted by molar-refractivity contribution is 0.363. The second kappa shape index (κ2) is 5.80. The van der Waals surface area contributed by atoms with Gasteiger partial charge in [0.15, 0.2) is 0 Å². The first-order valence-electron chi connectivity index (χ1n) is 7.32. The molecule has 1 nitrogen and oxygen atoms in total. The van der Waals surface area contributed by atoms with Crippen molar-refractivity contribution < 1.29 is 4.39 Å². The van der Waals surface area contributed by atoms with Gasteiger partial charge in [-0.2, -0.15) is 0 Å². The first-order valence-corrected chi connectivity index (χ1v) is 8.11. The lowest BCUT2D eigenvalue weighted by Crippen LogP contribution is -2.34. The normalized spacial score (nSPS) is 21.0. The number of nitrogens with one attached hydrogen (secondary N) is 1. The van der Waals surface area contributed by atoms with E-state index in [9.17, 15) is 4.39 Å². The molecule has 0 bridgehead atoms. The van der Waals surface area contributed by atoms with Crippen LogP contribution < -0.4 is 5.32 Å². The van der Waals surface area contributed by atoms with E-state index in [2.05, 4.69) is 47.2 Å². The van der Waals surface area contributed by atoms with Crippen LogP contribution in [0.2, 0.25) is 0 Å². The van der Waals surface area contributed by atoms with E-state index in [1.54, 1.807) is 12.1 Å². The predicted molar refractivity (Wildman–Crippen MR) is 89.4 cm³/mol. The van der Waals surface area contributed by atoms with Crippen LogP contribution >= 0.6 is 15.9 Å². The highest BCUT2D eigenvalue weighted by Crippen LogP contribution is 2.39. The van der Waals surface area contributed by atoms with Gasteiger partial charge in [0, 0.05) is 16.2 Å². The maximum atomic E-state index is 13.7. The van der Waals surface area contributed by atoms with E-state index in [1.807, 2.05) is 12.1 Å². The molecule has 0 heterocycles. The van der Waals surface area contributed by atoms with Crippen LogP contribution in [0, 0.1) is 19.7 Å². The molecule has 21 heavy (non-hydrogen) atoms. The van der Waals surface area contributed by atoms with Crippen LogP contribution in [0.1, 0.15) is 35.4 Å². The quantitative estimate of drug-likeness (QED) is 0.765. The third kappa shape index (κ3) is 2.98. The molecule has 0 unspecified atom stereocenters. The van der Waals surface area contributed by atoms with Gasteiger partial charge >= 0.3 is 0 Å². The van der Waals surface area contributed by atoms with Gasteiger partial charge in [0.25, 0.3) is 0 Å². The van der Waals surface area contributed by atoms with Crippen molar-refractivity contribution in [3.8, 4) is 0 Å². The van der Waals surface area contributed by atoms with Gasteiger partial charge in [0.05, 0.1) is 0 Å². The minimum absolute atomic E-state index is 0.0729. The maximum absolute atomic E-state index is 13.7. The van der Waals surface area contributed by atoms with Gasteiger partial charge in [0.1, 0.15) is 5.82 Å². The summed E-state index contributed by atoms with van der Waals surface area (Å²) in [6.07, 6.45) is 1.99. The van der Waals surface area contributed by atoms with E-state index >= 15 is 0 Å². The Labute approximate surface area is 133 Å². The number of rotatable bonds is 3. The monoisotopic (exact) mass is 347 g/mol. The van der Waals surface area contributed by atoms with Gasteiger partial charge in [-0.15, -0.1) is 0 Å². The number of anilines is 1. The molecule has 2 aromatic carbocycles. The molecule has 1 fully saturated rings. The average Bonchev–Trinajstić information content (AvgIpc) is 2.41. The van der Waals surface area contributed by atoms with Gasteiger partial charge in [-0.25, -0.2) is 4.39 Å². The molecule has 1 aliphatic carbocycles. The number of benzene rings is 2. The molecular formula is C18H19BrFN. The minimum atomic E-state index is -0.0729. The van der Waals surface area contributed by atoms with Crippen LogP contribution in [0.5, 0.6) is 0 Å². The van der Waals surface area contributed by atoms with Crippen LogP contribution in [0.25, 0.3) is 0 Å². The first kappa shape index (κ1) is 14.6. The van der Waals surface area contributed by atoms with Crippen LogP contribution in [-0.2, 0) is 0 Å². The molecule has 1 aliphatic rings. The Kier molecular flexibility index (Phi) is 4.03. The Hall–Kier alpha value is -1.35. The summed E-state index contributed by atoms with van der Waals surface area (Å²) >= 11 is 3.59. The van der Waals surface area contributed by atoms with Gasteiger partial charge in [-0.1, -0.05) is 34.1 Å². The lowest BCUT2D eigenvalue weighted by Gasteiger charge is -2.37. The fraction of sp³-hybridized carbons (Fsp3) is 0.333. The molecule has 0 saturated heterocycles. The lowest BCUT2D eigenvalue weighted by atomic mass is 9.75. The Morgan fingerprint density at radius 3 is 2.33 bits per heavy atom. The molecule has 0 aliphatic heterocycles. The Morgan fingerprint density at radius 1 is 1.10 bits per heavy atom. The van der Waals surface area contributed by atoms with Crippen molar-refractivity contribution in [3.05, 3.63) is 63.4 Å². The predicted octanol–water partition coefficient (Wildman–Crippen LogP) is 5.56. The third-order valence-electron chi connectivity index (χ3n) is 4.29. The molecule has 0 aromatic heterocycles. The minimum Gasteiger partial charge on any atom is -0.382 e. The van der Waals surface area contributed by atoms with Crippen molar-refractivity contribution in [1.82, 2.24) is 0 Å². The van der Waals surface area contributed by atoms with E-state index in [-0.39, 0.29) is 5.82 Å². The number of hydrogen-bond acceptors (Lipinski definition) is 1. The van der Waals surface area contributed by atoms with Gasteiger partial charge in [-0.3, -0.25) is 0 Å². The second-order valence-corrected chi connectivity index (χ2v) is 6.75. The Bertz CT molecular complexity index is 639. The molecule has 0 radical (unpaired) electrons. The van der Waals surface area contributed by atoms with E-state index in [4.69, 9.17) is 0 Å². The summed E-state index contributed by atoms with van der Waals surface area (Å²) in [6, 6.07) is 11.9. The van der Waals surface area contributed by atoms with Crippen LogP contribution in [0.15, 0.2) is 40.9 Å². The number of halogens is 2. The summed E-state index contributed by atoms with van der Waals surface area (Å²) in [4.78, 5) is 0. The second-order valence-electron chi connectivity index (χ2n) is 5.96. The molecule has 1 N–H and O–H groups in total. The number of hydrogen-bond donors (Lipinski definition) is 1. The van der Waals surface area contributed by atoms with Crippen molar-refractivity contribution in [2.24, 2.45) is 0 Å². The Balaban J connectivity index is 1.64. The molecule has 1 saturated carbocycles. The average molecular weight is 348 g/mol. The van der Waals surface area contributed by atoms with E-state index in [0.29, 0.717) is 12.0 Å². The highest BCUT2D eigenvalue weighted by molar-refractivity contribution is 9.10. The topological polar surface area (TPSA) is 12.0 Å². The van der Waals surface area contributed by atoms with Gasteiger partial charge in [0.2, 0.25) is 0 Å². The van der Waals surface area contributed by atoms with E-state index in [1.165, 1.54) is 15.6 Å². The zero-order chi connectivity index (χ0) is 15.0. The van der Waals surface area contributed by atoms with Crippen molar-refractivity contribution in [3.63, 3.8) is 0 Å². The van der Waals surface area contributed by atoms with E-state index in [0.717, 1.165) is 24.1 Å². The van der Waals surface area contributed by atoms with Gasteiger partial charge < -0.3 is 5.32 Å². The zero-order valence-corrected chi connectivity index (χ0v) is 13.9. The smallest absolute Gasteiger partial charge is 0.126 e. The fourth-order valence-corrected chi connectivity index (χ4v) is 3.29. The molecule has 110 valence electrons. The maximum Gasteiger partial charge on any atom is 0.126 e. The third-order valence-corrected chi connectivity index (χ3v) is 5.54. The molecule has 0 spiro atoms. The van der Waals surface area contributed by atoms with Crippen molar-refractivity contribution >= 4 is 21.6 Å². The van der Waals surface area contributed by atoms with Gasteiger partial charge in [-0.05, 0) is 67.5 Å². The van der Waals surface area contributed by atoms with Crippen LogP contribution in [-0.4, -0.2) is 6.04 Å². The first-order chi connectivity index (χ1) is 10.0. The SMILES string of the molecule is Cc1cc(NC2CC(c3ccccc3F)C2)cc(C)c1Br. The molecule has 0 amide bonds. The summed E-state index contributed by atoms with van der Waals surface area (Å²) in [6.45, 7) is 4.20. The molecular weight excluding hydrogens is 329 g/mol. The number of aryl methyl sites for hydroxylation is 2. The molecule has 3 rings (SSSR count). The van der Waals surface area contributed by atoms with Crippen molar-refractivity contribution in [2.75, 3.05) is 5.32 Å². The van der Waals surface area contributed by atoms with Crippen molar-refractivity contribution in [1.29, 1.82) is 0 Å². The fourth-order valence-electron chi connectivity index (χ4n) is 3.06. The summed E-state index contributed by atoms with van der Waals surface area (Å²) in [5, 5.41) is 3.56. The summed E-state index contributed by atoms with van der Waals surface area (Å²) < 4.78 is 14.9. The highest BCUT2D eigenvalue weighted by atomic mass is 79.9. The highest BCUT2D eigenvalue weighted by Gasteiger charge is 2.31. The largest absolute Gasteiger partial charge is 0.382 e. The standard InChI is InChI=1S/C18H19BrFN/c1-11-7-14(8-12(2)18(11)19)21-15-9-13(10-15)16-5-3-4-6-17(16)20/h3-8,13,15,21H,9-10H2,1-2H3. The van der Waals surface area contributed by atoms with Crippen LogP contribution in [0.4, 0.5) is 10.1 Å². The Morgan fingerprint density at radius 2 is 1.71 bits per heavy atom. The van der Waals surface area contributed by atoms with Crippen LogP contribution in [0.3, 0.4) is 0 Å². The summed E-state index contributed by atoms with van der Waals surface area (Å²) in [5.41, 5.74) is 4.49. The van der Waals surface area contributed by atoms with E-state index < -0.39 is 0 Å². The molecule has 0 atom stereocenters. The summed E-state index contributed by atoms with van der Waals surface area (Å²) in [7, 11) is 0. The van der Waals surface area contributed by atoms with Crippen molar-refractivity contribution in [2.45, 2.75) is 38.6 Å². The molecule has 2 aromatic rings.